The highest BCUT2D eigenvalue weighted by Crippen LogP contribution is 2.12. The quantitative estimate of drug-likeness (QED) is 0.0565. The van der Waals surface area contributed by atoms with Gasteiger partial charge in [-0.15, -0.1) is 11.6 Å². The second-order valence-corrected chi connectivity index (χ2v) is 9.83. The predicted molar refractivity (Wildman–Crippen MR) is 170 cm³/mol. The van der Waals surface area contributed by atoms with Crippen molar-refractivity contribution in [3.8, 4) is 0 Å². The number of aromatic nitrogens is 1. The van der Waals surface area contributed by atoms with Crippen LogP contribution < -0.4 is 0 Å². The van der Waals surface area contributed by atoms with E-state index in [0.717, 1.165) is 38.0 Å². The van der Waals surface area contributed by atoms with Crippen molar-refractivity contribution in [1.82, 2.24) is 4.98 Å². The Labute approximate surface area is 251 Å². The highest BCUT2D eigenvalue weighted by molar-refractivity contribution is 6.17. The monoisotopic (exact) mass is 585 g/mol. The first-order valence-electron chi connectivity index (χ1n) is 15.1. The van der Waals surface area contributed by atoms with E-state index in [1.54, 1.807) is 40.8 Å². The number of allylic oxidation sites excluding steroid dienone is 3. The first-order valence-corrected chi connectivity index (χ1v) is 15.7. The molecule has 1 rings (SSSR count). The van der Waals surface area contributed by atoms with Gasteiger partial charge in [-0.25, -0.2) is 0 Å². The lowest BCUT2D eigenvalue weighted by atomic mass is 10.1. The Balaban J connectivity index is 0. The van der Waals surface area contributed by atoms with Crippen molar-refractivity contribution in [2.75, 3.05) is 40.9 Å². The van der Waals surface area contributed by atoms with Crippen LogP contribution in [0, 0.1) is 0 Å². The van der Waals surface area contributed by atoms with Gasteiger partial charge in [0.05, 0.1) is 0 Å². The maximum atomic E-state index is 8.58. The fourth-order valence-corrected chi connectivity index (χ4v) is 3.92. The molecule has 0 atom stereocenters. The summed E-state index contributed by atoms with van der Waals surface area (Å²) in [7, 11) is 6.77. The standard InChI is InChI=1S/C14H27ClO2.C14H28O3.C5H5N/c2*1-16-14(17-2)12-10-8-6-4-3-5-7-9-11-13-15;1-2-4-6-5-3-1/h7,9,14H,3-6,8,10-13H2,1-2H3;7,9,14-15H,3-6,8,10-13H2,1-2H3;1-5H/b2*9-7-;. The number of halogens is 1. The Morgan fingerprint density at radius 1 is 0.575 bits per heavy atom. The second kappa shape index (κ2) is 37.7. The molecule has 0 aliphatic carbocycles. The van der Waals surface area contributed by atoms with E-state index in [1.165, 1.54) is 70.6 Å². The van der Waals surface area contributed by atoms with Gasteiger partial charge in [-0.3, -0.25) is 4.98 Å². The molecular formula is C33H60ClNO5. The molecule has 1 aromatic heterocycles. The van der Waals surface area contributed by atoms with Crippen molar-refractivity contribution in [3.05, 3.63) is 54.9 Å². The third-order valence-electron chi connectivity index (χ3n) is 6.14. The highest BCUT2D eigenvalue weighted by Gasteiger charge is 2.04. The Morgan fingerprint density at radius 3 is 1.32 bits per heavy atom. The number of alkyl halides is 1. The molecule has 1 aromatic rings. The summed E-state index contributed by atoms with van der Waals surface area (Å²) in [5.41, 5.74) is 0. The molecule has 0 aliphatic heterocycles. The van der Waals surface area contributed by atoms with Crippen LogP contribution in [0.25, 0.3) is 0 Å². The molecule has 6 nitrogen and oxygen atoms in total. The van der Waals surface area contributed by atoms with E-state index in [2.05, 4.69) is 29.3 Å². The van der Waals surface area contributed by atoms with Gasteiger partial charge in [-0.2, -0.15) is 0 Å². The molecule has 0 unspecified atom stereocenters. The number of aliphatic hydroxyl groups excluding tert-OH is 1. The Hall–Kier alpha value is -1.28. The van der Waals surface area contributed by atoms with Crippen LogP contribution in [0.3, 0.4) is 0 Å². The Kier molecular flexibility index (Phi) is 38.5. The molecule has 0 spiro atoms. The molecule has 0 aromatic carbocycles. The first kappa shape index (κ1) is 40.9. The van der Waals surface area contributed by atoms with E-state index in [1.807, 2.05) is 18.2 Å². The molecule has 7 heteroatoms. The van der Waals surface area contributed by atoms with Crippen molar-refractivity contribution in [1.29, 1.82) is 0 Å². The first-order chi connectivity index (χ1) is 19.7. The molecule has 1 N–H and O–H groups in total. The molecule has 0 fully saturated rings. The van der Waals surface area contributed by atoms with Gasteiger partial charge in [0.2, 0.25) is 0 Å². The number of hydrogen-bond acceptors (Lipinski definition) is 6. The smallest absolute Gasteiger partial charge is 0.156 e. The molecule has 0 amide bonds. The molecular weight excluding hydrogens is 526 g/mol. The molecule has 0 aliphatic rings. The number of ether oxygens (including phenoxy) is 4. The van der Waals surface area contributed by atoms with Crippen LogP contribution in [0.5, 0.6) is 0 Å². The van der Waals surface area contributed by atoms with Crippen molar-refractivity contribution in [2.45, 2.75) is 115 Å². The topological polar surface area (TPSA) is 70.0 Å². The van der Waals surface area contributed by atoms with Crippen LogP contribution in [0.15, 0.2) is 54.9 Å². The number of methoxy groups -OCH3 is 4. The van der Waals surface area contributed by atoms with Crippen LogP contribution in [-0.2, 0) is 18.9 Å². The zero-order valence-corrected chi connectivity index (χ0v) is 26.7. The zero-order chi connectivity index (χ0) is 29.8. The van der Waals surface area contributed by atoms with Crippen molar-refractivity contribution in [3.63, 3.8) is 0 Å². The molecule has 234 valence electrons. The third-order valence-corrected chi connectivity index (χ3v) is 6.36. The van der Waals surface area contributed by atoms with Gasteiger partial charge in [0.15, 0.2) is 12.6 Å². The van der Waals surface area contributed by atoms with Gasteiger partial charge >= 0.3 is 0 Å². The van der Waals surface area contributed by atoms with E-state index >= 15 is 0 Å². The number of rotatable bonds is 24. The largest absolute Gasteiger partial charge is 0.396 e. The minimum absolute atomic E-state index is 0.0199. The summed E-state index contributed by atoms with van der Waals surface area (Å²) in [6, 6.07) is 5.72. The summed E-state index contributed by atoms with van der Waals surface area (Å²) < 4.78 is 20.5. The molecule has 1 heterocycles. The minimum Gasteiger partial charge on any atom is -0.396 e. The normalized spacial score (nSPS) is 11.2. The summed E-state index contributed by atoms with van der Waals surface area (Å²) in [5, 5.41) is 8.58. The molecule has 0 bridgehead atoms. The predicted octanol–water partition coefficient (Wildman–Crippen LogP) is 8.88. The second-order valence-electron chi connectivity index (χ2n) is 9.45. The van der Waals surface area contributed by atoms with Gasteiger partial charge in [0.1, 0.15) is 0 Å². The van der Waals surface area contributed by atoms with Crippen molar-refractivity contribution >= 4 is 11.6 Å². The van der Waals surface area contributed by atoms with Crippen LogP contribution in [0.1, 0.15) is 103 Å². The number of nitrogens with zero attached hydrogens (tertiary/aromatic N) is 1. The van der Waals surface area contributed by atoms with E-state index < -0.39 is 0 Å². The molecule has 0 radical (unpaired) electrons. The summed E-state index contributed by atoms with van der Waals surface area (Å²) in [5.74, 6) is 0.733. The number of unbranched alkanes of at least 4 members (excludes halogenated alkanes) is 10. The van der Waals surface area contributed by atoms with E-state index in [0.29, 0.717) is 0 Å². The van der Waals surface area contributed by atoms with Crippen molar-refractivity contribution < 1.29 is 24.1 Å². The lowest BCUT2D eigenvalue weighted by molar-refractivity contribution is -0.107. The summed E-state index contributed by atoms with van der Waals surface area (Å²) in [6.07, 6.45) is 30.8. The van der Waals surface area contributed by atoms with Crippen molar-refractivity contribution in [2.24, 2.45) is 0 Å². The van der Waals surface area contributed by atoms with Crippen LogP contribution in [0.2, 0.25) is 0 Å². The average Bonchev–Trinajstić information content (AvgIpc) is 3.00. The highest BCUT2D eigenvalue weighted by atomic mass is 35.5. The molecule has 0 saturated heterocycles. The number of aliphatic hydroxyl groups is 1. The fourth-order valence-electron chi connectivity index (χ4n) is 3.79. The lowest BCUT2D eigenvalue weighted by Gasteiger charge is -2.12. The van der Waals surface area contributed by atoms with Gasteiger partial charge < -0.3 is 24.1 Å². The molecule has 40 heavy (non-hydrogen) atoms. The maximum Gasteiger partial charge on any atom is 0.156 e. The van der Waals surface area contributed by atoms with Gasteiger partial charge in [0, 0.05) is 53.3 Å². The van der Waals surface area contributed by atoms with Crippen LogP contribution in [-0.4, -0.2) is 63.6 Å². The third kappa shape index (κ3) is 34.7. The van der Waals surface area contributed by atoms with Crippen LogP contribution >= 0.6 is 11.6 Å². The Morgan fingerprint density at radius 2 is 0.975 bits per heavy atom. The van der Waals surface area contributed by atoms with Crippen LogP contribution in [0.4, 0.5) is 0 Å². The average molecular weight is 586 g/mol. The number of hydrogen-bond donors (Lipinski definition) is 1. The summed E-state index contributed by atoms with van der Waals surface area (Å²) >= 11 is 5.58. The van der Waals surface area contributed by atoms with Gasteiger partial charge in [-0.05, 0) is 76.3 Å². The SMILES string of the molecule is COC(CCCCCCC/C=C\CCCl)OC.COC(CCCCCCC/C=C\CCO)OC.c1ccncc1. The zero-order valence-electron chi connectivity index (χ0n) is 26.0. The van der Waals surface area contributed by atoms with Gasteiger partial charge in [-0.1, -0.05) is 68.9 Å². The summed E-state index contributed by atoms with van der Waals surface area (Å²) in [6.45, 7) is 0.261. The summed E-state index contributed by atoms with van der Waals surface area (Å²) in [4.78, 5) is 3.78. The maximum absolute atomic E-state index is 8.58. The van der Waals surface area contributed by atoms with Gasteiger partial charge in [0.25, 0.3) is 0 Å². The fraction of sp³-hybridized carbons (Fsp3) is 0.727. The lowest BCUT2D eigenvalue weighted by Crippen LogP contribution is -2.12. The van der Waals surface area contributed by atoms with E-state index in [4.69, 9.17) is 35.7 Å². The van der Waals surface area contributed by atoms with E-state index in [9.17, 15) is 0 Å². The minimum atomic E-state index is -0.0311. The number of pyridine rings is 1. The molecule has 0 saturated carbocycles. The Bertz CT molecular complexity index is 545. The van der Waals surface area contributed by atoms with E-state index in [-0.39, 0.29) is 19.2 Å².